The lowest BCUT2D eigenvalue weighted by molar-refractivity contribution is -0.191. The Morgan fingerprint density at radius 3 is 2.33 bits per heavy atom. The van der Waals surface area contributed by atoms with Gasteiger partial charge in [-0.15, -0.1) is 10.2 Å². The Labute approximate surface area is 113 Å². The Morgan fingerprint density at radius 2 is 1.94 bits per heavy atom. The highest BCUT2D eigenvalue weighted by Crippen LogP contribution is 2.19. The summed E-state index contributed by atoms with van der Waals surface area (Å²) >= 11 is 3.18. The predicted molar refractivity (Wildman–Crippen MR) is 65.7 cm³/mol. The molecule has 6 nitrogen and oxygen atoms in total. The lowest BCUT2D eigenvalue weighted by atomic mass is 9.90. The van der Waals surface area contributed by atoms with Crippen LogP contribution in [0.1, 0.15) is 20.8 Å². The molecular weight excluding hydrogens is 304 g/mol. The minimum absolute atomic E-state index is 0.192. The molecule has 1 heterocycles. The third-order valence-electron chi connectivity index (χ3n) is 2.00. The van der Waals surface area contributed by atoms with Crippen LogP contribution in [0.3, 0.4) is 0 Å². The Bertz CT molecular complexity index is 383. The van der Waals surface area contributed by atoms with Crippen LogP contribution in [-0.4, -0.2) is 34.2 Å². The van der Waals surface area contributed by atoms with Gasteiger partial charge in [0, 0.05) is 6.07 Å². The quantitative estimate of drug-likeness (QED) is 0.907. The van der Waals surface area contributed by atoms with Crippen molar-refractivity contribution < 1.29 is 19.4 Å². The van der Waals surface area contributed by atoms with Crippen LogP contribution in [0.15, 0.2) is 16.7 Å². The molecule has 0 aromatic carbocycles. The van der Waals surface area contributed by atoms with Gasteiger partial charge in [-0.3, -0.25) is 0 Å². The number of ether oxygens (including phenoxy) is 1. The molecule has 18 heavy (non-hydrogen) atoms. The Hall–Kier alpha value is -1.30. The van der Waals surface area contributed by atoms with Crippen LogP contribution in [0.5, 0.6) is 5.88 Å². The van der Waals surface area contributed by atoms with Gasteiger partial charge < -0.3 is 9.84 Å². The second-order valence-electron chi connectivity index (χ2n) is 4.47. The first-order chi connectivity index (χ1) is 8.31. The minimum Gasteiger partial charge on any atom is -0.474 e. The Kier molecular flexibility index (Phi) is 7.35. The monoisotopic (exact) mass is 318 g/mol. The maximum Gasteiger partial charge on any atom is 0.373 e. The molecule has 0 bridgehead atoms. The molecule has 0 amide bonds. The molecule has 0 spiro atoms. The van der Waals surface area contributed by atoms with E-state index in [0.29, 0.717) is 10.5 Å². The molecule has 0 radical (unpaired) electrons. The van der Waals surface area contributed by atoms with Crippen LogP contribution in [0.4, 0.5) is 0 Å². The molecule has 7 heteroatoms. The third-order valence-corrected chi connectivity index (χ3v) is 2.42. The van der Waals surface area contributed by atoms with Gasteiger partial charge in [-0.25, -0.2) is 0 Å². The second kappa shape index (κ2) is 7.92. The summed E-state index contributed by atoms with van der Waals surface area (Å²) in [4.78, 5) is 16.2. The third kappa shape index (κ3) is 7.11. The summed E-state index contributed by atoms with van der Waals surface area (Å²) in [7, 11) is 0. The van der Waals surface area contributed by atoms with Crippen molar-refractivity contribution in [2.24, 2.45) is 5.41 Å². The van der Waals surface area contributed by atoms with Gasteiger partial charge in [0.1, 0.15) is 11.2 Å². The van der Waals surface area contributed by atoms with Crippen molar-refractivity contribution in [3.63, 3.8) is 0 Å². The lowest BCUT2D eigenvalue weighted by Crippen LogP contribution is -2.32. The summed E-state index contributed by atoms with van der Waals surface area (Å²) in [6.07, 6.45) is -0.275. The van der Waals surface area contributed by atoms with Gasteiger partial charge in [0.15, 0.2) is 0 Å². The average molecular weight is 319 g/mol. The topological polar surface area (TPSA) is 89.4 Å². The van der Waals surface area contributed by atoms with Crippen molar-refractivity contribution in [1.29, 1.82) is 0 Å². The van der Waals surface area contributed by atoms with E-state index in [1.165, 1.54) is 0 Å². The molecule has 1 atom stereocenters. The second-order valence-corrected chi connectivity index (χ2v) is 5.28. The molecule has 0 saturated carbocycles. The van der Waals surface area contributed by atoms with Gasteiger partial charge in [0.25, 0.3) is 0 Å². The fourth-order valence-electron chi connectivity index (χ4n) is 0.795. The molecule has 1 rings (SSSR count). The highest BCUT2D eigenvalue weighted by Gasteiger charge is 2.22. The van der Waals surface area contributed by atoms with Crippen LogP contribution < -0.4 is 4.74 Å². The molecule has 1 aromatic heterocycles. The average Bonchev–Trinajstić information content (AvgIpc) is 2.27. The van der Waals surface area contributed by atoms with E-state index in [2.05, 4.69) is 26.1 Å². The minimum atomic E-state index is -0.525. The number of halogens is 1. The zero-order valence-corrected chi connectivity index (χ0v) is 12.0. The van der Waals surface area contributed by atoms with Gasteiger partial charge in [0.2, 0.25) is 5.88 Å². The van der Waals surface area contributed by atoms with Crippen molar-refractivity contribution in [3.05, 3.63) is 16.7 Å². The number of aliphatic hydroxyl groups excluding tert-OH is 1. The number of nitrogens with zero attached hydrogens (tertiary/aromatic N) is 2. The number of aromatic nitrogens is 2. The summed E-state index contributed by atoms with van der Waals surface area (Å²) in [5, 5.41) is 17.3. The fraction of sp³-hybridized carbons (Fsp3) is 0.545. The molecule has 0 aliphatic carbocycles. The van der Waals surface area contributed by atoms with Crippen LogP contribution in [0.25, 0.3) is 0 Å². The van der Waals surface area contributed by atoms with Gasteiger partial charge in [-0.05, 0) is 27.4 Å². The summed E-state index contributed by atoms with van der Waals surface area (Å²) in [5.74, 6) is 0.418. The van der Waals surface area contributed by atoms with E-state index in [4.69, 9.17) is 14.3 Å². The van der Waals surface area contributed by atoms with Gasteiger partial charge in [0.05, 0.1) is 6.10 Å². The van der Waals surface area contributed by atoms with Crippen LogP contribution in [0, 0.1) is 5.41 Å². The van der Waals surface area contributed by atoms with Crippen LogP contribution in [0.2, 0.25) is 0 Å². The number of aliphatic hydroxyl groups is 1. The maximum absolute atomic E-state index is 9.72. The molecular formula is C11H15BrN2O4. The Balaban J connectivity index is 0.000000873. The molecule has 0 fully saturated rings. The molecule has 1 aromatic rings. The number of rotatable bonds is 3. The van der Waals surface area contributed by atoms with Gasteiger partial charge in [-0.2, -0.15) is 9.59 Å². The SMILES string of the molecule is CC(C)(C)[C@H](O)COc1ccc(Br)nn1.O=C=O. The number of hydrogen-bond acceptors (Lipinski definition) is 6. The summed E-state index contributed by atoms with van der Waals surface area (Å²) in [6.45, 7) is 6.08. The highest BCUT2D eigenvalue weighted by atomic mass is 79.9. The van der Waals surface area contributed by atoms with Gasteiger partial charge in [-0.1, -0.05) is 20.8 Å². The lowest BCUT2D eigenvalue weighted by Gasteiger charge is -2.25. The molecule has 0 aliphatic rings. The highest BCUT2D eigenvalue weighted by molar-refractivity contribution is 9.10. The maximum atomic E-state index is 9.72. The van der Waals surface area contributed by atoms with E-state index in [1.54, 1.807) is 12.1 Å². The van der Waals surface area contributed by atoms with Crippen molar-refractivity contribution in [3.8, 4) is 5.88 Å². The van der Waals surface area contributed by atoms with Crippen molar-refractivity contribution in [2.45, 2.75) is 26.9 Å². The van der Waals surface area contributed by atoms with E-state index in [0.717, 1.165) is 0 Å². The smallest absolute Gasteiger partial charge is 0.373 e. The molecule has 100 valence electrons. The largest absolute Gasteiger partial charge is 0.474 e. The first kappa shape index (κ1) is 16.7. The van der Waals surface area contributed by atoms with Gasteiger partial charge >= 0.3 is 6.15 Å². The standard InChI is InChI=1S/C10H15BrN2O2.CO2/c1-10(2,3)7(14)6-15-9-5-4-8(11)12-13-9;2-1-3/h4-5,7,14H,6H2,1-3H3;/t7-;/m1./s1. The molecule has 0 saturated heterocycles. The predicted octanol–water partition coefficient (Wildman–Crippen LogP) is 1.44. The molecule has 1 N–H and O–H groups in total. The van der Waals surface area contributed by atoms with Crippen molar-refractivity contribution in [2.75, 3.05) is 6.61 Å². The summed E-state index contributed by atoms with van der Waals surface area (Å²) in [6, 6.07) is 3.44. The van der Waals surface area contributed by atoms with E-state index >= 15 is 0 Å². The number of carbonyl (C=O) groups excluding carboxylic acids is 2. The first-order valence-electron chi connectivity index (χ1n) is 5.10. The first-order valence-corrected chi connectivity index (χ1v) is 5.90. The normalized spacial score (nSPS) is 11.8. The van der Waals surface area contributed by atoms with E-state index in [1.807, 2.05) is 20.8 Å². The zero-order chi connectivity index (χ0) is 14.2. The van der Waals surface area contributed by atoms with Crippen LogP contribution >= 0.6 is 15.9 Å². The summed E-state index contributed by atoms with van der Waals surface area (Å²) in [5.41, 5.74) is -0.192. The van der Waals surface area contributed by atoms with Crippen molar-refractivity contribution >= 4 is 22.1 Å². The number of hydrogen-bond donors (Lipinski definition) is 1. The van der Waals surface area contributed by atoms with Crippen LogP contribution in [-0.2, 0) is 9.59 Å². The zero-order valence-electron chi connectivity index (χ0n) is 10.4. The molecule has 0 unspecified atom stereocenters. The van der Waals surface area contributed by atoms with Crippen molar-refractivity contribution in [1.82, 2.24) is 10.2 Å². The Morgan fingerprint density at radius 1 is 1.39 bits per heavy atom. The van der Waals surface area contributed by atoms with E-state index in [-0.39, 0.29) is 18.2 Å². The summed E-state index contributed by atoms with van der Waals surface area (Å²) < 4.78 is 5.96. The fourth-order valence-corrected chi connectivity index (χ4v) is 1.01. The molecule has 0 aliphatic heterocycles. The van der Waals surface area contributed by atoms with E-state index in [9.17, 15) is 5.11 Å². The van der Waals surface area contributed by atoms with E-state index < -0.39 is 6.10 Å².